The lowest BCUT2D eigenvalue weighted by molar-refractivity contribution is 0.0679. The number of nitrogens with one attached hydrogen (secondary N) is 1. The molecule has 1 N–H and O–H groups in total. The average Bonchev–Trinajstić information content (AvgIpc) is 3.09. The van der Waals surface area contributed by atoms with E-state index in [1.54, 1.807) is 24.3 Å². The minimum Gasteiger partial charge on any atom is -0.491 e. The van der Waals surface area contributed by atoms with Crippen LogP contribution < -0.4 is 10.1 Å². The van der Waals surface area contributed by atoms with E-state index in [-0.39, 0.29) is 11.8 Å². The second-order valence-corrected chi connectivity index (χ2v) is 5.55. The van der Waals surface area contributed by atoms with E-state index in [2.05, 4.69) is 5.32 Å². The molecule has 4 nitrogen and oxygen atoms in total. The third-order valence-corrected chi connectivity index (χ3v) is 3.74. The van der Waals surface area contributed by atoms with Crippen molar-refractivity contribution in [3.05, 3.63) is 59.7 Å². The summed E-state index contributed by atoms with van der Waals surface area (Å²) in [6.07, 6.45) is 2.07. The quantitative estimate of drug-likeness (QED) is 0.906. The summed E-state index contributed by atoms with van der Waals surface area (Å²) in [5.41, 5.74) is 0.246. The van der Waals surface area contributed by atoms with Crippen molar-refractivity contribution in [3.8, 4) is 5.75 Å². The number of rotatable bonds is 5. The molecule has 1 atom stereocenters. The van der Waals surface area contributed by atoms with Crippen molar-refractivity contribution < 1.29 is 23.0 Å². The Hall–Kier alpha value is -2.47. The molecule has 1 aliphatic heterocycles. The topological polar surface area (TPSA) is 47.6 Å². The second-order valence-electron chi connectivity index (χ2n) is 5.55. The Bertz CT molecular complexity index is 730. The molecule has 0 saturated carbocycles. The maximum atomic E-state index is 13.6. The van der Waals surface area contributed by atoms with E-state index in [4.69, 9.17) is 9.47 Å². The summed E-state index contributed by atoms with van der Waals surface area (Å²) in [6.45, 7) is 1.18. The molecule has 24 heavy (non-hydrogen) atoms. The van der Waals surface area contributed by atoms with Crippen LogP contribution in [0.2, 0.25) is 0 Å². The molecule has 126 valence electrons. The molecule has 6 heteroatoms. The Morgan fingerprint density at radius 1 is 1.25 bits per heavy atom. The van der Waals surface area contributed by atoms with Crippen LogP contribution in [-0.4, -0.2) is 25.2 Å². The molecule has 0 spiro atoms. The predicted octanol–water partition coefficient (Wildman–Crippen LogP) is 3.77. The fraction of sp³-hybridized carbons (Fsp3) is 0.278. The number of anilines is 1. The van der Waals surface area contributed by atoms with Crippen molar-refractivity contribution in [2.45, 2.75) is 18.9 Å². The van der Waals surface area contributed by atoms with Gasteiger partial charge in [-0.3, -0.25) is 4.79 Å². The zero-order chi connectivity index (χ0) is 16.9. The van der Waals surface area contributed by atoms with Crippen molar-refractivity contribution in [1.82, 2.24) is 0 Å². The first kappa shape index (κ1) is 16.4. The highest BCUT2D eigenvalue weighted by atomic mass is 19.1. The van der Waals surface area contributed by atoms with Crippen LogP contribution >= 0.6 is 0 Å². The van der Waals surface area contributed by atoms with Gasteiger partial charge in [-0.2, -0.15) is 0 Å². The first-order valence-corrected chi connectivity index (χ1v) is 7.73. The SMILES string of the molecule is O=C(Nc1ccc(F)cc1F)c1cccc(OCC2CCCO2)c1. The highest BCUT2D eigenvalue weighted by molar-refractivity contribution is 6.04. The molecular weight excluding hydrogens is 316 g/mol. The minimum absolute atomic E-state index is 0.0768. The number of hydrogen-bond acceptors (Lipinski definition) is 3. The Morgan fingerprint density at radius 2 is 2.12 bits per heavy atom. The number of amides is 1. The highest BCUT2D eigenvalue weighted by Gasteiger charge is 2.16. The standard InChI is InChI=1S/C18H17F2NO3/c19-13-6-7-17(16(20)10-13)21-18(22)12-3-1-4-14(9-12)24-11-15-5-2-8-23-15/h1,3-4,6-7,9-10,15H,2,5,8,11H2,(H,21,22). The van der Waals surface area contributed by atoms with Gasteiger partial charge in [0.05, 0.1) is 11.8 Å². The lowest BCUT2D eigenvalue weighted by atomic mass is 10.2. The predicted molar refractivity (Wildman–Crippen MR) is 85.2 cm³/mol. The molecule has 1 unspecified atom stereocenters. The summed E-state index contributed by atoms with van der Waals surface area (Å²) in [4.78, 5) is 12.2. The normalized spacial score (nSPS) is 16.8. The fourth-order valence-electron chi connectivity index (χ4n) is 2.48. The van der Waals surface area contributed by atoms with Gasteiger partial charge in [-0.05, 0) is 43.2 Å². The van der Waals surface area contributed by atoms with Crippen LogP contribution in [0.5, 0.6) is 5.75 Å². The number of carbonyl (C=O) groups excluding carboxylic acids is 1. The molecule has 0 radical (unpaired) electrons. The van der Waals surface area contributed by atoms with E-state index >= 15 is 0 Å². The van der Waals surface area contributed by atoms with Gasteiger partial charge in [0, 0.05) is 18.2 Å². The number of benzene rings is 2. The van der Waals surface area contributed by atoms with E-state index in [0.717, 1.165) is 31.6 Å². The fourth-order valence-corrected chi connectivity index (χ4v) is 2.48. The molecular formula is C18H17F2NO3. The smallest absolute Gasteiger partial charge is 0.255 e. The highest BCUT2D eigenvalue weighted by Crippen LogP contribution is 2.19. The van der Waals surface area contributed by atoms with E-state index in [1.807, 2.05) is 0 Å². The van der Waals surface area contributed by atoms with Crippen LogP contribution in [0.1, 0.15) is 23.2 Å². The monoisotopic (exact) mass is 333 g/mol. The molecule has 1 saturated heterocycles. The Morgan fingerprint density at radius 3 is 2.88 bits per heavy atom. The third-order valence-electron chi connectivity index (χ3n) is 3.74. The third kappa shape index (κ3) is 4.08. The molecule has 1 amide bonds. The number of hydrogen-bond donors (Lipinski definition) is 1. The lowest BCUT2D eigenvalue weighted by Crippen LogP contribution is -2.17. The first-order valence-electron chi connectivity index (χ1n) is 7.73. The maximum absolute atomic E-state index is 13.6. The number of carbonyl (C=O) groups is 1. The molecule has 2 aromatic rings. The van der Waals surface area contributed by atoms with Crippen LogP contribution in [0.25, 0.3) is 0 Å². The van der Waals surface area contributed by atoms with Gasteiger partial charge < -0.3 is 14.8 Å². The number of ether oxygens (including phenoxy) is 2. The van der Waals surface area contributed by atoms with Crippen LogP contribution in [0.15, 0.2) is 42.5 Å². The van der Waals surface area contributed by atoms with Gasteiger partial charge in [-0.1, -0.05) is 6.07 Å². The van der Waals surface area contributed by atoms with Gasteiger partial charge in [-0.25, -0.2) is 8.78 Å². The molecule has 1 heterocycles. The Balaban J connectivity index is 1.65. The molecule has 0 aromatic heterocycles. The largest absolute Gasteiger partial charge is 0.491 e. The van der Waals surface area contributed by atoms with E-state index in [1.165, 1.54) is 6.07 Å². The summed E-state index contributed by atoms with van der Waals surface area (Å²) >= 11 is 0. The summed E-state index contributed by atoms with van der Waals surface area (Å²) in [5, 5.41) is 2.42. The van der Waals surface area contributed by atoms with Crippen molar-refractivity contribution in [1.29, 1.82) is 0 Å². The molecule has 1 aliphatic rings. The van der Waals surface area contributed by atoms with Gasteiger partial charge >= 0.3 is 0 Å². The van der Waals surface area contributed by atoms with Crippen molar-refractivity contribution in [3.63, 3.8) is 0 Å². The molecule has 2 aromatic carbocycles. The van der Waals surface area contributed by atoms with Crippen molar-refractivity contribution in [2.75, 3.05) is 18.5 Å². The number of halogens is 2. The van der Waals surface area contributed by atoms with Gasteiger partial charge in [0.25, 0.3) is 5.91 Å². The van der Waals surface area contributed by atoms with E-state index in [0.29, 0.717) is 17.9 Å². The van der Waals surface area contributed by atoms with Crippen molar-refractivity contribution >= 4 is 11.6 Å². The van der Waals surface area contributed by atoms with Gasteiger partial charge in [0.2, 0.25) is 0 Å². The minimum atomic E-state index is -0.825. The molecule has 0 bridgehead atoms. The van der Waals surface area contributed by atoms with E-state index < -0.39 is 17.5 Å². The van der Waals surface area contributed by atoms with Crippen LogP contribution in [0, 0.1) is 11.6 Å². The lowest BCUT2D eigenvalue weighted by Gasteiger charge is -2.12. The van der Waals surface area contributed by atoms with Crippen LogP contribution in [0.3, 0.4) is 0 Å². The van der Waals surface area contributed by atoms with Crippen LogP contribution in [0.4, 0.5) is 14.5 Å². The summed E-state index contributed by atoms with van der Waals surface area (Å²) in [5.74, 6) is -1.48. The van der Waals surface area contributed by atoms with Gasteiger partial charge in [-0.15, -0.1) is 0 Å². The molecule has 1 fully saturated rings. The average molecular weight is 333 g/mol. The van der Waals surface area contributed by atoms with Crippen LogP contribution in [-0.2, 0) is 4.74 Å². The summed E-state index contributed by atoms with van der Waals surface area (Å²) in [6, 6.07) is 9.57. The zero-order valence-electron chi connectivity index (χ0n) is 12.9. The maximum Gasteiger partial charge on any atom is 0.255 e. The van der Waals surface area contributed by atoms with Gasteiger partial charge in [0.1, 0.15) is 24.0 Å². The Labute approximate surface area is 138 Å². The molecule has 0 aliphatic carbocycles. The van der Waals surface area contributed by atoms with E-state index in [9.17, 15) is 13.6 Å². The van der Waals surface area contributed by atoms with Crippen molar-refractivity contribution in [2.24, 2.45) is 0 Å². The first-order chi connectivity index (χ1) is 11.6. The Kier molecular flexibility index (Phi) is 5.05. The molecule has 3 rings (SSSR count). The zero-order valence-corrected chi connectivity index (χ0v) is 12.9. The summed E-state index contributed by atoms with van der Waals surface area (Å²) < 4.78 is 37.6. The summed E-state index contributed by atoms with van der Waals surface area (Å²) in [7, 11) is 0. The van der Waals surface area contributed by atoms with Gasteiger partial charge in [0.15, 0.2) is 0 Å². The second kappa shape index (κ2) is 7.40.